The van der Waals surface area contributed by atoms with Crippen molar-refractivity contribution in [2.24, 2.45) is 0 Å². The molecule has 1 atom stereocenters. The van der Waals surface area contributed by atoms with E-state index in [2.05, 4.69) is 15.3 Å². The van der Waals surface area contributed by atoms with Gasteiger partial charge in [0.15, 0.2) is 5.43 Å². The van der Waals surface area contributed by atoms with E-state index >= 15 is 0 Å². The van der Waals surface area contributed by atoms with Crippen LogP contribution in [0, 0.1) is 20.8 Å². The van der Waals surface area contributed by atoms with Gasteiger partial charge in [0.1, 0.15) is 11.9 Å². The molecule has 0 aliphatic carbocycles. The first-order valence-electron chi connectivity index (χ1n) is 7.92. The zero-order valence-electron chi connectivity index (χ0n) is 14.1. The van der Waals surface area contributed by atoms with Crippen LogP contribution in [0.5, 0.6) is 0 Å². The van der Waals surface area contributed by atoms with E-state index in [0.29, 0.717) is 23.1 Å². The van der Waals surface area contributed by atoms with E-state index in [1.54, 1.807) is 0 Å². The minimum absolute atomic E-state index is 0.205. The predicted molar refractivity (Wildman–Crippen MR) is 94.8 cm³/mol. The van der Waals surface area contributed by atoms with Crippen molar-refractivity contribution in [1.29, 1.82) is 0 Å². The highest BCUT2D eigenvalue weighted by atomic mass is 16.3. The average molecular weight is 323 g/mol. The van der Waals surface area contributed by atoms with Gasteiger partial charge in [-0.15, -0.1) is 0 Å². The molecule has 0 saturated heterocycles. The summed E-state index contributed by atoms with van der Waals surface area (Å²) in [5.74, 6) is 0. The molecule has 5 heteroatoms. The van der Waals surface area contributed by atoms with Crippen LogP contribution < -0.4 is 10.7 Å². The number of rotatable bonds is 4. The van der Waals surface area contributed by atoms with Gasteiger partial charge in [0.25, 0.3) is 0 Å². The monoisotopic (exact) mass is 323 g/mol. The van der Waals surface area contributed by atoms with Crippen molar-refractivity contribution < 1.29 is 5.11 Å². The van der Waals surface area contributed by atoms with Gasteiger partial charge in [-0.25, -0.2) is 4.98 Å². The topological polar surface area (TPSA) is 78.0 Å². The lowest BCUT2D eigenvalue weighted by molar-refractivity contribution is 0.136. The van der Waals surface area contributed by atoms with E-state index in [4.69, 9.17) is 0 Å². The van der Waals surface area contributed by atoms with Crippen molar-refractivity contribution in [3.8, 4) is 0 Å². The van der Waals surface area contributed by atoms with Gasteiger partial charge in [-0.1, -0.05) is 29.8 Å². The lowest BCUT2D eigenvalue weighted by atomic mass is 10.1. The minimum atomic E-state index is -1.04. The van der Waals surface area contributed by atoms with Crippen LogP contribution in [0.15, 0.2) is 41.3 Å². The number of fused-ring (bicyclic) bond motifs is 1. The Morgan fingerprint density at radius 3 is 2.62 bits per heavy atom. The number of aliphatic hydroxyl groups excluding tert-OH is 1. The number of nitrogens with one attached hydrogen (secondary N) is 2. The summed E-state index contributed by atoms with van der Waals surface area (Å²) in [6, 6.07) is 9.84. The second-order valence-corrected chi connectivity index (χ2v) is 6.13. The molecule has 3 rings (SSSR count). The molecule has 124 valence electrons. The number of aromatic nitrogens is 2. The molecule has 0 spiro atoms. The summed E-state index contributed by atoms with van der Waals surface area (Å²) in [5.41, 5.74) is 4.69. The Kier molecular flexibility index (Phi) is 4.46. The first-order chi connectivity index (χ1) is 11.5. The van der Waals surface area contributed by atoms with E-state index in [-0.39, 0.29) is 5.43 Å². The van der Waals surface area contributed by atoms with Gasteiger partial charge >= 0.3 is 0 Å². The number of nitrogens with zero attached hydrogens (tertiary/aromatic N) is 1. The number of aliphatic hydroxyl groups is 1. The largest absolute Gasteiger partial charge is 0.374 e. The summed E-state index contributed by atoms with van der Waals surface area (Å²) < 4.78 is 0. The minimum Gasteiger partial charge on any atom is -0.374 e. The van der Waals surface area contributed by atoms with Gasteiger partial charge < -0.3 is 10.1 Å². The highest BCUT2D eigenvalue weighted by Gasteiger charge is 2.14. The molecule has 0 aliphatic rings. The Morgan fingerprint density at radius 2 is 1.92 bits per heavy atom. The lowest BCUT2D eigenvalue weighted by Crippen LogP contribution is -2.26. The Bertz CT molecular complexity index is 930. The van der Waals surface area contributed by atoms with Crippen LogP contribution in [-0.2, 0) is 6.54 Å². The second-order valence-electron chi connectivity index (χ2n) is 6.13. The normalized spacial score (nSPS) is 12.5. The fourth-order valence-electron chi connectivity index (χ4n) is 2.59. The number of H-pyrrole nitrogens is 1. The van der Waals surface area contributed by atoms with Crippen LogP contribution in [-0.4, -0.2) is 15.1 Å². The van der Waals surface area contributed by atoms with Gasteiger partial charge in [-0.3, -0.25) is 10.1 Å². The third-order valence-corrected chi connectivity index (χ3v) is 4.25. The molecule has 0 aliphatic heterocycles. The molecule has 0 bridgehead atoms. The SMILES string of the molecule is Cc1ccc(CNC(O)c2c[nH]c3nc(C)c(C)cc3c2=O)cc1. The Labute approximate surface area is 140 Å². The smallest absolute Gasteiger partial charge is 0.198 e. The Hall–Kier alpha value is -2.50. The number of hydrogen-bond donors (Lipinski definition) is 3. The molecule has 0 radical (unpaired) electrons. The molecule has 0 saturated carbocycles. The number of hydrogen-bond acceptors (Lipinski definition) is 4. The summed E-state index contributed by atoms with van der Waals surface area (Å²) in [4.78, 5) is 20.0. The average Bonchev–Trinajstić information content (AvgIpc) is 2.56. The van der Waals surface area contributed by atoms with Gasteiger partial charge in [-0.05, 0) is 38.0 Å². The van der Waals surface area contributed by atoms with E-state index in [1.807, 2.05) is 51.1 Å². The van der Waals surface area contributed by atoms with Crippen LogP contribution in [0.2, 0.25) is 0 Å². The molecule has 0 fully saturated rings. The van der Waals surface area contributed by atoms with Crippen LogP contribution in [0.25, 0.3) is 11.0 Å². The molecule has 24 heavy (non-hydrogen) atoms. The lowest BCUT2D eigenvalue weighted by Gasteiger charge is -2.13. The van der Waals surface area contributed by atoms with Crippen molar-refractivity contribution >= 4 is 11.0 Å². The zero-order valence-corrected chi connectivity index (χ0v) is 14.1. The summed E-state index contributed by atoms with van der Waals surface area (Å²) >= 11 is 0. The van der Waals surface area contributed by atoms with Crippen molar-refractivity contribution in [2.75, 3.05) is 0 Å². The van der Waals surface area contributed by atoms with Gasteiger partial charge in [0, 0.05) is 18.4 Å². The first kappa shape index (κ1) is 16.4. The van der Waals surface area contributed by atoms with E-state index in [0.717, 1.165) is 16.8 Å². The number of pyridine rings is 2. The van der Waals surface area contributed by atoms with Crippen molar-refractivity contribution in [3.05, 3.63) is 74.7 Å². The molecule has 1 aromatic carbocycles. The molecular formula is C19H21N3O2. The Balaban J connectivity index is 1.85. The molecule has 3 N–H and O–H groups in total. The van der Waals surface area contributed by atoms with Crippen molar-refractivity contribution in [2.45, 2.75) is 33.5 Å². The van der Waals surface area contributed by atoms with Gasteiger partial charge in [0.2, 0.25) is 0 Å². The summed E-state index contributed by atoms with van der Waals surface area (Å²) in [5, 5.41) is 13.8. The molecule has 0 amide bonds. The maximum Gasteiger partial charge on any atom is 0.198 e. The van der Waals surface area contributed by atoms with Crippen molar-refractivity contribution in [1.82, 2.24) is 15.3 Å². The number of aryl methyl sites for hydroxylation is 3. The highest BCUT2D eigenvalue weighted by Crippen LogP contribution is 2.14. The second kappa shape index (κ2) is 6.55. The number of aromatic amines is 1. The first-order valence-corrected chi connectivity index (χ1v) is 7.92. The predicted octanol–water partition coefficient (Wildman–Crippen LogP) is 2.63. The van der Waals surface area contributed by atoms with Gasteiger partial charge in [0.05, 0.1) is 10.9 Å². The summed E-state index contributed by atoms with van der Waals surface area (Å²) in [6.45, 7) is 6.32. The van der Waals surface area contributed by atoms with Crippen LogP contribution in [0.4, 0.5) is 0 Å². The van der Waals surface area contributed by atoms with Crippen LogP contribution in [0.3, 0.4) is 0 Å². The molecule has 2 heterocycles. The van der Waals surface area contributed by atoms with E-state index in [1.165, 1.54) is 11.8 Å². The molecule has 2 aromatic heterocycles. The summed E-state index contributed by atoms with van der Waals surface area (Å²) in [7, 11) is 0. The fourth-order valence-corrected chi connectivity index (χ4v) is 2.59. The van der Waals surface area contributed by atoms with Gasteiger partial charge in [-0.2, -0.15) is 0 Å². The standard InChI is InChI=1S/C19H21N3O2/c1-11-4-6-14(7-5-11)9-21-19(24)16-10-20-18-15(17(16)23)8-12(2)13(3)22-18/h4-8,10,19,21,24H,9H2,1-3H3,(H,20,22,23). The third kappa shape index (κ3) is 3.22. The molecular weight excluding hydrogens is 302 g/mol. The Morgan fingerprint density at radius 1 is 1.21 bits per heavy atom. The van der Waals surface area contributed by atoms with Crippen LogP contribution in [0.1, 0.15) is 34.2 Å². The number of benzene rings is 1. The molecule has 3 aromatic rings. The third-order valence-electron chi connectivity index (χ3n) is 4.25. The highest BCUT2D eigenvalue weighted by molar-refractivity contribution is 5.76. The zero-order chi connectivity index (χ0) is 17.3. The summed E-state index contributed by atoms with van der Waals surface area (Å²) in [6.07, 6.45) is 0.486. The fraction of sp³-hybridized carbons (Fsp3) is 0.263. The maximum atomic E-state index is 12.6. The van der Waals surface area contributed by atoms with E-state index in [9.17, 15) is 9.90 Å². The van der Waals surface area contributed by atoms with Crippen LogP contribution >= 0.6 is 0 Å². The quantitative estimate of drug-likeness (QED) is 0.645. The van der Waals surface area contributed by atoms with E-state index < -0.39 is 6.23 Å². The molecule has 1 unspecified atom stereocenters. The molecule has 5 nitrogen and oxygen atoms in total. The van der Waals surface area contributed by atoms with Crippen molar-refractivity contribution in [3.63, 3.8) is 0 Å². The maximum absolute atomic E-state index is 12.6.